The van der Waals surface area contributed by atoms with Crippen molar-refractivity contribution in [3.8, 4) is 0 Å². The quantitative estimate of drug-likeness (QED) is 0.565. The van der Waals surface area contributed by atoms with Crippen molar-refractivity contribution < 1.29 is 9.90 Å². The molecule has 0 aromatic heterocycles. The summed E-state index contributed by atoms with van der Waals surface area (Å²) in [5, 5.41) is 9.00. The maximum atomic E-state index is 10.7. The minimum atomic E-state index is -0.209. The van der Waals surface area contributed by atoms with Gasteiger partial charge >= 0.3 is 0 Å². The van der Waals surface area contributed by atoms with Crippen LogP contribution in [0.5, 0.6) is 0 Å². The molecule has 1 rings (SSSR count). The summed E-state index contributed by atoms with van der Waals surface area (Å²) in [6.07, 6.45) is 2.18. The van der Waals surface area contributed by atoms with Gasteiger partial charge in [-0.2, -0.15) is 0 Å². The summed E-state index contributed by atoms with van der Waals surface area (Å²) < 4.78 is 0. The molecule has 0 amide bonds. The van der Waals surface area contributed by atoms with Gasteiger partial charge in [0.15, 0.2) is 0 Å². The van der Waals surface area contributed by atoms with Gasteiger partial charge in [-0.1, -0.05) is 0 Å². The highest BCUT2D eigenvalue weighted by atomic mass is 16.3. The van der Waals surface area contributed by atoms with Crippen LogP contribution in [0, 0.1) is 5.92 Å². The molecule has 0 aromatic carbocycles. The van der Waals surface area contributed by atoms with Crippen LogP contribution in [0.2, 0.25) is 0 Å². The van der Waals surface area contributed by atoms with Crippen LogP contribution in [0.4, 0.5) is 0 Å². The van der Waals surface area contributed by atoms with E-state index in [1.54, 1.807) is 6.92 Å². The van der Waals surface area contributed by atoms with Crippen molar-refractivity contribution in [3.63, 3.8) is 0 Å². The minimum Gasteiger partial charge on any atom is -0.393 e. The fraction of sp³-hybridized carbons (Fsp3) is 0.857. The number of Topliss-reactive ketones (excluding diaryl/α,β-unsaturated/α-hetero) is 1. The van der Waals surface area contributed by atoms with E-state index in [-0.39, 0.29) is 17.8 Å². The third-order valence-corrected chi connectivity index (χ3v) is 1.98. The van der Waals surface area contributed by atoms with Gasteiger partial charge in [0.05, 0.1) is 6.10 Å². The monoisotopic (exact) mass is 128 g/mol. The number of rotatable bonds is 1. The molecule has 0 radical (unpaired) electrons. The molecule has 9 heavy (non-hydrogen) atoms. The van der Waals surface area contributed by atoms with E-state index in [0.29, 0.717) is 6.42 Å². The number of ketones is 1. The van der Waals surface area contributed by atoms with Gasteiger partial charge in [0.1, 0.15) is 5.78 Å². The van der Waals surface area contributed by atoms with Gasteiger partial charge in [0.2, 0.25) is 0 Å². The second-order valence-corrected chi connectivity index (χ2v) is 2.77. The highest BCUT2D eigenvalue weighted by Crippen LogP contribution is 2.25. The Labute approximate surface area is 54.9 Å². The summed E-state index contributed by atoms with van der Waals surface area (Å²) in [6.45, 7) is 1.60. The average molecular weight is 128 g/mol. The molecule has 2 heteroatoms. The fourth-order valence-corrected chi connectivity index (χ4v) is 1.33. The van der Waals surface area contributed by atoms with Gasteiger partial charge < -0.3 is 5.11 Å². The van der Waals surface area contributed by atoms with E-state index in [1.165, 1.54) is 0 Å². The Hall–Kier alpha value is -0.370. The predicted molar refractivity (Wildman–Crippen MR) is 34.0 cm³/mol. The van der Waals surface area contributed by atoms with E-state index in [2.05, 4.69) is 0 Å². The lowest BCUT2D eigenvalue weighted by Crippen LogP contribution is -2.07. The first kappa shape index (κ1) is 6.75. The largest absolute Gasteiger partial charge is 0.393 e. The van der Waals surface area contributed by atoms with Gasteiger partial charge in [-0.25, -0.2) is 0 Å². The standard InChI is InChI=1S/C7H12O2/c1-5(8)6-2-3-7(9)4-6/h6-7,9H,2-4H2,1H3/t6-,7-/m1/s1. The van der Waals surface area contributed by atoms with Crippen LogP contribution in [0.25, 0.3) is 0 Å². The summed E-state index contributed by atoms with van der Waals surface area (Å²) in [7, 11) is 0. The van der Waals surface area contributed by atoms with Crippen LogP contribution < -0.4 is 0 Å². The molecule has 1 saturated carbocycles. The Bertz CT molecular complexity index is 120. The normalized spacial score (nSPS) is 34.9. The van der Waals surface area contributed by atoms with Crippen molar-refractivity contribution in [2.24, 2.45) is 5.92 Å². The fourth-order valence-electron chi connectivity index (χ4n) is 1.33. The summed E-state index contributed by atoms with van der Waals surface area (Å²) in [5.74, 6) is 0.381. The lowest BCUT2D eigenvalue weighted by Gasteiger charge is -2.01. The SMILES string of the molecule is CC(=O)[C@@H]1CC[C@@H](O)C1. The van der Waals surface area contributed by atoms with E-state index in [4.69, 9.17) is 5.11 Å². The van der Waals surface area contributed by atoms with Crippen molar-refractivity contribution in [1.29, 1.82) is 0 Å². The molecule has 1 aliphatic carbocycles. The van der Waals surface area contributed by atoms with E-state index in [1.807, 2.05) is 0 Å². The molecular weight excluding hydrogens is 116 g/mol. The summed E-state index contributed by atoms with van der Waals surface area (Å²) >= 11 is 0. The molecular formula is C7H12O2. The van der Waals surface area contributed by atoms with Gasteiger partial charge in [-0.15, -0.1) is 0 Å². The number of aliphatic hydroxyl groups excluding tert-OH is 1. The molecule has 0 unspecified atom stereocenters. The van der Waals surface area contributed by atoms with Crippen molar-refractivity contribution >= 4 is 5.78 Å². The van der Waals surface area contributed by atoms with Crippen molar-refractivity contribution in [2.45, 2.75) is 32.3 Å². The molecule has 2 nitrogen and oxygen atoms in total. The molecule has 0 heterocycles. The Morgan fingerprint density at radius 3 is 2.44 bits per heavy atom. The highest BCUT2D eigenvalue weighted by molar-refractivity contribution is 5.78. The third kappa shape index (κ3) is 1.52. The third-order valence-electron chi connectivity index (χ3n) is 1.98. The van der Waals surface area contributed by atoms with Crippen LogP contribution in [-0.4, -0.2) is 17.0 Å². The Morgan fingerprint density at radius 1 is 1.56 bits per heavy atom. The maximum absolute atomic E-state index is 10.7. The molecule has 1 fully saturated rings. The van der Waals surface area contributed by atoms with E-state index < -0.39 is 0 Å². The lowest BCUT2D eigenvalue weighted by molar-refractivity contribution is -0.120. The molecule has 0 bridgehead atoms. The summed E-state index contributed by atoms with van der Waals surface area (Å²) in [6, 6.07) is 0. The van der Waals surface area contributed by atoms with E-state index >= 15 is 0 Å². The Morgan fingerprint density at radius 2 is 2.22 bits per heavy atom. The number of hydrogen-bond acceptors (Lipinski definition) is 2. The second kappa shape index (κ2) is 2.48. The van der Waals surface area contributed by atoms with Crippen LogP contribution >= 0.6 is 0 Å². The van der Waals surface area contributed by atoms with E-state index in [0.717, 1.165) is 12.8 Å². The lowest BCUT2D eigenvalue weighted by atomic mass is 10.0. The Balaban J connectivity index is 2.39. The van der Waals surface area contributed by atoms with E-state index in [9.17, 15) is 4.79 Å². The van der Waals surface area contributed by atoms with Gasteiger partial charge in [0, 0.05) is 5.92 Å². The molecule has 1 aliphatic rings. The molecule has 1 N–H and O–H groups in total. The minimum absolute atomic E-state index is 0.153. The van der Waals surface area contributed by atoms with Crippen molar-refractivity contribution in [3.05, 3.63) is 0 Å². The zero-order valence-electron chi connectivity index (χ0n) is 5.63. The number of hydrogen-bond donors (Lipinski definition) is 1. The molecule has 52 valence electrons. The first-order valence-corrected chi connectivity index (χ1v) is 3.38. The molecule has 0 saturated heterocycles. The molecule has 2 atom stereocenters. The van der Waals surface area contributed by atoms with Crippen molar-refractivity contribution in [1.82, 2.24) is 0 Å². The van der Waals surface area contributed by atoms with Gasteiger partial charge in [-0.3, -0.25) is 4.79 Å². The maximum Gasteiger partial charge on any atom is 0.133 e. The topological polar surface area (TPSA) is 37.3 Å². The van der Waals surface area contributed by atoms with Gasteiger partial charge in [0.25, 0.3) is 0 Å². The zero-order valence-corrected chi connectivity index (χ0v) is 5.63. The predicted octanol–water partition coefficient (Wildman–Crippen LogP) is 0.736. The summed E-state index contributed by atoms with van der Waals surface area (Å²) in [5.41, 5.74) is 0. The molecule has 0 aliphatic heterocycles. The zero-order chi connectivity index (χ0) is 6.85. The van der Waals surface area contributed by atoms with Gasteiger partial charge in [-0.05, 0) is 26.2 Å². The van der Waals surface area contributed by atoms with Crippen LogP contribution in [0.3, 0.4) is 0 Å². The Kier molecular flexibility index (Phi) is 1.86. The number of carbonyl (C=O) groups is 1. The van der Waals surface area contributed by atoms with Crippen LogP contribution in [0.1, 0.15) is 26.2 Å². The first-order valence-electron chi connectivity index (χ1n) is 3.38. The molecule has 0 aromatic rings. The first-order chi connectivity index (χ1) is 4.20. The van der Waals surface area contributed by atoms with Crippen LogP contribution in [0.15, 0.2) is 0 Å². The van der Waals surface area contributed by atoms with Crippen molar-refractivity contribution in [2.75, 3.05) is 0 Å². The smallest absolute Gasteiger partial charge is 0.133 e. The number of carbonyl (C=O) groups excluding carboxylic acids is 1. The second-order valence-electron chi connectivity index (χ2n) is 2.77. The van der Waals surface area contributed by atoms with Crippen LogP contribution in [-0.2, 0) is 4.79 Å². The molecule has 0 spiro atoms. The average Bonchev–Trinajstić information content (AvgIpc) is 2.14. The summed E-state index contributed by atoms with van der Waals surface area (Å²) in [4.78, 5) is 10.7. The number of aliphatic hydroxyl groups is 1. The highest BCUT2D eigenvalue weighted by Gasteiger charge is 2.25.